The van der Waals surface area contributed by atoms with Gasteiger partial charge in [-0.15, -0.1) is 0 Å². The maximum absolute atomic E-state index is 12.8. The lowest BCUT2D eigenvalue weighted by Gasteiger charge is -2.12. The van der Waals surface area contributed by atoms with Gasteiger partial charge in [0.2, 0.25) is 6.79 Å². The molecule has 1 heterocycles. The van der Waals surface area contributed by atoms with Crippen molar-refractivity contribution in [1.82, 2.24) is 0 Å². The lowest BCUT2D eigenvalue weighted by Crippen LogP contribution is -2.16. The average molecular weight is 445 g/mol. The Bertz CT molecular complexity index is 1240. The van der Waals surface area contributed by atoms with E-state index in [-0.39, 0.29) is 22.3 Å². The molecule has 3 aromatic rings. The highest BCUT2D eigenvalue weighted by molar-refractivity contribution is 7.92. The number of nitrogens with one attached hydrogen (secondary N) is 2. The van der Waals surface area contributed by atoms with Crippen LogP contribution in [-0.2, 0) is 10.0 Å². The zero-order valence-corrected chi connectivity index (χ0v) is 17.4. The molecule has 0 radical (unpaired) electrons. The van der Waals surface area contributed by atoms with Crippen LogP contribution in [0.15, 0.2) is 65.6 Å². The van der Waals surface area contributed by atoms with Crippen LogP contribution in [0.4, 0.5) is 11.4 Å². The fourth-order valence-electron chi connectivity index (χ4n) is 2.95. The number of hydrogen-bond acceptors (Lipinski definition) is 5. The van der Waals surface area contributed by atoms with E-state index in [0.717, 1.165) is 5.56 Å². The van der Waals surface area contributed by atoms with E-state index in [0.29, 0.717) is 22.9 Å². The van der Waals surface area contributed by atoms with Crippen molar-refractivity contribution in [3.05, 3.63) is 76.8 Å². The summed E-state index contributed by atoms with van der Waals surface area (Å²) in [4.78, 5) is 12.5. The van der Waals surface area contributed by atoms with E-state index < -0.39 is 15.9 Å². The zero-order chi connectivity index (χ0) is 21.3. The molecule has 7 nitrogen and oxygen atoms in total. The third kappa shape index (κ3) is 4.19. The third-order valence-electron chi connectivity index (χ3n) is 4.38. The molecule has 3 aromatic carbocycles. The summed E-state index contributed by atoms with van der Waals surface area (Å²) in [6.07, 6.45) is 0. The summed E-state index contributed by atoms with van der Waals surface area (Å²) in [5, 5.41) is 2.72. The first-order chi connectivity index (χ1) is 14.3. The summed E-state index contributed by atoms with van der Waals surface area (Å²) in [6, 6.07) is 16.0. The minimum absolute atomic E-state index is 0.00906. The second-order valence-corrected chi connectivity index (χ2v) is 8.70. The van der Waals surface area contributed by atoms with Crippen LogP contribution in [0.25, 0.3) is 0 Å². The van der Waals surface area contributed by atoms with Crippen molar-refractivity contribution in [2.45, 2.75) is 11.8 Å². The number of halogens is 1. The lowest BCUT2D eigenvalue weighted by molar-refractivity contribution is 0.102. The SMILES string of the molecule is Cc1cccc(NS(=O)(=O)c2cc(C(=O)Nc3ccc4c(c3)OCO4)ccc2Cl)c1. The Morgan fingerprint density at radius 3 is 2.57 bits per heavy atom. The van der Waals surface area contributed by atoms with Gasteiger partial charge >= 0.3 is 0 Å². The normalized spacial score (nSPS) is 12.5. The Kier molecular flexibility index (Phi) is 5.27. The first kappa shape index (κ1) is 20.1. The Labute approximate surface area is 178 Å². The predicted octanol–water partition coefficient (Wildman–Crippen LogP) is 4.43. The number of aryl methyl sites for hydroxylation is 1. The van der Waals surface area contributed by atoms with Crippen LogP contribution in [0.5, 0.6) is 11.5 Å². The second kappa shape index (κ2) is 7.89. The van der Waals surface area contributed by atoms with Gasteiger partial charge in [-0.05, 0) is 55.0 Å². The van der Waals surface area contributed by atoms with Gasteiger partial charge in [-0.3, -0.25) is 9.52 Å². The standard InChI is InChI=1S/C21H17ClN2O5S/c1-13-3-2-4-16(9-13)24-30(26,27)20-10-14(5-7-17(20)22)21(25)23-15-6-8-18-19(11-15)29-12-28-18/h2-11,24H,12H2,1H3,(H,23,25). The van der Waals surface area contributed by atoms with Gasteiger partial charge in [-0.1, -0.05) is 23.7 Å². The Balaban J connectivity index is 1.58. The maximum Gasteiger partial charge on any atom is 0.263 e. The van der Waals surface area contributed by atoms with Crippen LogP contribution in [0, 0.1) is 6.92 Å². The second-order valence-electron chi connectivity index (χ2n) is 6.64. The fraction of sp³-hybridized carbons (Fsp3) is 0.0952. The number of fused-ring (bicyclic) bond motifs is 1. The summed E-state index contributed by atoms with van der Waals surface area (Å²) in [5.74, 6) is 0.627. The summed E-state index contributed by atoms with van der Waals surface area (Å²) in [5.41, 5.74) is 1.93. The molecule has 0 unspecified atom stereocenters. The molecule has 0 saturated heterocycles. The molecule has 0 bridgehead atoms. The third-order valence-corrected chi connectivity index (χ3v) is 6.25. The number of ether oxygens (including phenoxy) is 2. The van der Waals surface area contributed by atoms with Crippen molar-refractivity contribution >= 4 is 38.9 Å². The van der Waals surface area contributed by atoms with Crippen LogP contribution in [0.1, 0.15) is 15.9 Å². The van der Waals surface area contributed by atoms with Crippen LogP contribution < -0.4 is 19.5 Å². The minimum atomic E-state index is -4.00. The number of benzene rings is 3. The van der Waals surface area contributed by atoms with Gasteiger partial charge in [-0.2, -0.15) is 0 Å². The molecular formula is C21H17ClN2O5S. The van der Waals surface area contributed by atoms with Gasteiger partial charge in [0.15, 0.2) is 11.5 Å². The maximum atomic E-state index is 12.8. The largest absolute Gasteiger partial charge is 0.454 e. The van der Waals surface area contributed by atoms with Crippen molar-refractivity contribution in [1.29, 1.82) is 0 Å². The van der Waals surface area contributed by atoms with Gasteiger partial charge in [0, 0.05) is 23.0 Å². The summed E-state index contributed by atoms with van der Waals surface area (Å²) >= 11 is 6.13. The monoisotopic (exact) mass is 444 g/mol. The highest BCUT2D eigenvalue weighted by Gasteiger charge is 2.21. The molecule has 0 atom stereocenters. The summed E-state index contributed by atoms with van der Waals surface area (Å²) in [6.45, 7) is 1.98. The van der Waals surface area contributed by atoms with Gasteiger partial charge in [0.05, 0.1) is 5.02 Å². The molecule has 0 aliphatic carbocycles. The van der Waals surface area contributed by atoms with E-state index in [4.69, 9.17) is 21.1 Å². The van der Waals surface area contributed by atoms with E-state index in [2.05, 4.69) is 10.0 Å². The van der Waals surface area contributed by atoms with Crippen molar-refractivity contribution in [3.63, 3.8) is 0 Å². The first-order valence-electron chi connectivity index (χ1n) is 8.92. The Morgan fingerprint density at radius 1 is 0.967 bits per heavy atom. The van der Waals surface area contributed by atoms with Crippen LogP contribution in [0.3, 0.4) is 0 Å². The topological polar surface area (TPSA) is 93.7 Å². The van der Waals surface area contributed by atoms with Gasteiger partial charge < -0.3 is 14.8 Å². The van der Waals surface area contributed by atoms with Crippen molar-refractivity contribution < 1.29 is 22.7 Å². The molecule has 30 heavy (non-hydrogen) atoms. The molecule has 0 saturated carbocycles. The van der Waals surface area contributed by atoms with Crippen LogP contribution in [-0.4, -0.2) is 21.1 Å². The van der Waals surface area contributed by atoms with Crippen LogP contribution in [0.2, 0.25) is 5.02 Å². The smallest absolute Gasteiger partial charge is 0.263 e. The van der Waals surface area contributed by atoms with E-state index >= 15 is 0 Å². The van der Waals surface area contributed by atoms with E-state index in [9.17, 15) is 13.2 Å². The molecular weight excluding hydrogens is 428 g/mol. The number of carbonyl (C=O) groups excluding carboxylic acids is 1. The number of carbonyl (C=O) groups is 1. The van der Waals surface area contributed by atoms with Crippen molar-refractivity contribution in [3.8, 4) is 11.5 Å². The predicted molar refractivity (Wildman–Crippen MR) is 114 cm³/mol. The van der Waals surface area contributed by atoms with Crippen LogP contribution >= 0.6 is 11.6 Å². The molecule has 1 amide bonds. The Morgan fingerprint density at radius 2 is 1.77 bits per heavy atom. The molecule has 0 spiro atoms. The highest BCUT2D eigenvalue weighted by Crippen LogP contribution is 2.34. The molecule has 0 fully saturated rings. The quantitative estimate of drug-likeness (QED) is 0.607. The number of hydrogen-bond donors (Lipinski definition) is 2. The zero-order valence-electron chi connectivity index (χ0n) is 15.8. The summed E-state index contributed by atoms with van der Waals surface area (Å²) < 4.78 is 38.7. The molecule has 9 heteroatoms. The molecule has 2 N–H and O–H groups in total. The molecule has 1 aliphatic heterocycles. The molecule has 0 aromatic heterocycles. The van der Waals surface area contributed by atoms with E-state index in [1.807, 2.05) is 13.0 Å². The number of rotatable bonds is 5. The van der Waals surface area contributed by atoms with Gasteiger partial charge in [-0.25, -0.2) is 8.42 Å². The van der Waals surface area contributed by atoms with E-state index in [1.54, 1.807) is 36.4 Å². The highest BCUT2D eigenvalue weighted by atomic mass is 35.5. The first-order valence-corrected chi connectivity index (χ1v) is 10.8. The van der Waals surface area contributed by atoms with E-state index in [1.165, 1.54) is 18.2 Å². The van der Waals surface area contributed by atoms with Crippen molar-refractivity contribution in [2.75, 3.05) is 16.8 Å². The average Bonchev–Trinajstić information content (AvgIpc) is 3.15. The van der Waals surface area contributed by atoms with Crippen molar-refractivity contribution in [2.24, 2.45) is 0 Å². The fourth-order valence-corrected chi connectivity index (χ4v) is 4.52. The number of anilines is 2. The molecule has 154 valence electrons. The van der Waals surface area contributed by atoms with Gasteiger partial charge in [0.25, 0.3) is 15.9 Å². The minimum Gasteiger partial charge on any atom is -0.454 e. The number of sulfonamides is 1. The summed E-state index contributed by atoms with van der Waals surface area (Å²) in [7, 11) is -4.00. The lowest BCUT2D eigenvalue weighted by atomic mass is 10.2. The number of amides is 1. The molecule has 4 rings (SSSR count). The van der Waals surface area contributed by atoms with Gasteiger partial charge in [0.1, 0.15) is 4.90 Å². The molecule has 1 aliphatic rings. The Hall–Kier alpha value is -3.23.